The summed E-state index contributed by atoms with van der Waals surface area (Å²) in [5.41, 5.74) is 1.39. The molecule has 154 valence electrons. The zero-order valence-electron chi connectivity index (χ0n) is 15.0. The van der Waals surface area contributed by atoms with Gasteiger partial charge in [-0.15, -0.1) is 0 Å². The van der Waals surface area contributed by atoms with Crippen molar-refractivity contribution in [3.8, 4) is 0 Å². The molecule has 9 heteroatoms. The molecule has 0 amide bonds. The van der Waals surface area contributed by atoms with E-state index in [1.165, 1.54) is 24.6 Å². The molecular weight excluding hydrogens is 509 g/mol. The molecule has 0 spiro atoms. The van der Waals surface area contributed by atoms with Gasteiger partial charge in [0.1, 0.15) is 6.29 Å². The fraction of sp³-hybridized carbons (Fsp3) is 0.0952. The Bertz CT molecular complexity index is 1070. The van der Waals surface area contributed by atoms with Gasteiger partial charge >= 0.3 is 0 Å². The number of rotatable bonds is 5. The lowest BCUT2D eigenvalue weighted by molar-refractivity contribution is -0.110. The van der Waals surface area contributed by atoms with E-state index in [0.717, 1.165) is 0 Å². The Kier molecular flexibility index (Phi) is 7.67. The van der Waals surface area contributed by atoms with Crippen LogP contribution in [0.1, 0.15) is 11.1 Å². The van der Waals surface area contributed by atoms with Gasteiger partial charge in [0.2, 0.25) is 0 Å². The summed E-state index contributed by atoms with van der Waals surface area (Å²) in [7, 11) is 0. The largest absolute Gasteiger partial charge is 0.303 e. The molecule has 0 radical (unpaired) electrons. The molecule has 30 heavy (non-hydrogen) atoms. The summed E-state index contributed by atoms with van der Waals surface area (Å²) in [6.07, 6.45) is 6.57. The first kappa shape index (κ1) is 23.3. The maximum Gasteiger partial charge on any atom is 0.168 e. The lowest BCUT2D eigenvalue weighted by Crippen LogP contribution is -2.32. The van der Waals surface area contributed by atoms with Gasteiger partial charge in [-0.05, 0) is 36.4 Å². The molecule has 1 aliphatic rings. The van der Waals surface area contributed by atoms with E-state index in [0.29, 0.717) is 43.2 Å². The molecule has 0 saturated heterocycles. The number of benzene rings is 2. The van der Waals surface area contributed by atoms with E-state index in [4.69, 9.17) is 69.6 Å². The number of carbonyl (C=O) groups excluding carboxylic acids is 1. The summed E-state index contributed by atoms with van der Waals surface area (Å²) in [6.45, 7) is 0. The number of alkyl halides is 1. The van der Waals surface area contributed by atoms with Crippen LogP contribution in [0.2, 0.25) is 20.1 Å². The molecule has 0 bridgehead atoms. The van der Waals surface area contributed by atoms with Crippen molar-refractivity contribution in [2.45, 2.75) is 5.00 Å². The molecule has 0 fully saturated rings. The highest BCUT2D eigenvalue weighted by molar-refractivity contribution is 6.39. The van der Waals surface area contributed by atoms with Crippen LogP contribution in [0.4, 0.5) is 0 Å². The predicted octanol–water partition coefficient (Wildman–Crippen LogP) is 7.61. The number of hydrogen-bond acceptors (Lipinski definition) is 3. The average molecular weight is 521 g/mol. The van der Waals surface area contributed by atoms with Gasteiger partial charge in [0.25, 0.3) is 0 Å². The van der Waals surface area contributed by atoms with Crippen molar-refractivity contribution in [1.29, 1.82) is 0 Å². The number of nitrogens with zero attached hydrogens (tertiary/aromatic N) is 2. The van der Waals surface area contributed by atoms with Gasteiger partial charge in [-0.2, -0.15) is 0 Å². The van der Waals surface area contributed by atoms with Gasteiger partial charge in [-0.1, -0.05) is 81.7 Å². The van der Waals surface area contributed by atoms with Crippen LogP contribution >= 0.6 is 69.6 Å². The van der Waals surface area contributed by atoms with Gasteiger partial charge in [0, 0.05) is 28.6 Å². The first-order valence-corrected chi connectivity index (χ1v) is 10.7. The van der Waals surface area contributed by atoms with Crippen molar-refractivity contribution in [3.05, 3.63) is 90.5 Å². The van der Waals surface area contributed by atoms with Crippen LogP contribution in [0.15, 0.2) is 69.3 Å². The Morgan fingerprint density at radius 3 is 1.83 bits per heavy atom. The van der Waals surface area contributed by atoms with E-state index < -0.39 is 10.9 Å². The van der Waals surface area contributed by atoms with Crippen LogP contribution < -0.4 is 0 Å². The summed E-state index contributed by atoms with van der Waals surface area (Å²) in [5, 5.41) is 1.84. The van der Waals surface area contributed by atoms with Crippen LogP contribution in [0.5, 0.6) is 0 Å². The van der Waals surface area contributed by atoms with Crippen molar-refractivity contribution >= 4 is 88.3 Å². The highest BCUT2D eigenvalue weighted by Gasteiger charge is 2.39. The van der Waals surface area contributed by atoms with Crippen molar-refractivity contribution in [2.24, 2.45) is 15.9 Å². The summed E-state index contributed by atoms with van der Waals surface area (Å²) in [4.78, 5) is 18.9. The molecule has 0 saturated carbocycles. The highest BCUT2D eigenvalue weighted by Crippen LogP contribution is 2.40. The molecule has 3 nitrogen and oxygen atoms in total. The summed E-state index contributed by atoms with van der Waals surface area (Å²) in [6, 6.07) is 10.2. The lowest BCUT2D eigenvalue weighted by atomic mass is 9.94. The summed E-state index contributed by atoms with van der Waals surface area (Å²) < 4.78 is 0. The Balaban J connectivity index is 2.00. The molecule has 2 aromatic rings. The van der Waals surface area contributed by atoms with E-state index in [1.807, 2.05) is 0 Å². The number of aliphatic imine (C=N–C) groups is 2. The molecule has 2 atom stereocenters. The SMILES string of the molecule is O=CC1C(Cl)=CC(/N=C/c2c(Cl)cccc2Cl)=CC1(Cl)/N=C/c1c(Cl)cccc1Cl. The predicted molar refractivity (Wildman–Crippen MR) is 128 cm³/mol. The van der Waals surface area contributed by atoms with Crippen LogP contribution in [-0.4, -0.2) is 23.7 Å². The zero-order valence-corrected chi connectivity index (χ0v) is 19.5. The molecule has 0 N–H and O–H groups in total. The molecule has 0 aliphatic heterocycles. The van der Waals surface area contributed by atoms with Gasteiger partial charge in [-0.25, -0.2) is 0 Å². The Labute approximate surface area is 203 Å². The van der Waals surface area contributed by atoms with Gasteiger partial charge in [0.05, 0.1) is 31.7 Å². The molecule has 1 aliphatic carbocycles. The van der Waals surface area contributed by atoms with E-state index in [1.54, 1.807) is 36.4 Å². The van der Waals surface area contributed by atoms with Crippen molar-refractivity contribution in [3.63, 3.8) is 0 Å². The highest BCUT2D eigenvalue weighted by atomic mass is 35.5. The van der Waals surface area contributed by atoms with Crippen LogP contribution in [-0.2, 0) is 4.79 Å². The lowest BCUT2D eigenvalue weighted by Gasteiger charge is -2.28. The monoisotopic (exact) mass is 518 g/mol. The van der Waals surface area contributed by atoms with Crippen LogP contribution in [0.25, 0.3) is 0 Å². The van der Waals surface area contributed by atoms with Crippen molar-refractivity contribution in [1.82, 2.24) is 0 Å². The van der Waals surface area contributed by atoms with Crippen molar-refractivity contribution in [2.75, 3.05) is 0 Å². The van der Waals surface area contributed by atoms with Gasteiger partial charge in [-0.3, -0.25) is 9.98 Å². The summed E-state index contributed by atoms with van der Waals surface area (Å²) in [5.74, 6) is -0.916. The van der Waals surface area contributed by atoms with Crippen LogP contribution in [0, 0.1) is 5.92 Å². The molecule has 3 rings (SSSR count). The summed E-state index contributed by atoms with van der Waals surface area (Å²) >= 11 is 37.7. The second-order valence-corrected chi connectivity index (χ2v) is 8.90. The first-order chi connectivity index (χ1) is 14.2. The Morgan fingerprint density at radius 1 is 0.833 bits per heavy atom. The minimum absolute atomic E-state index is 0.183. The minimum Gasteiger partial charge on any atom is -0.303 e. The van der Waals surface area contributed by atoms with E-state index >= 15 is 0 Å². The van der Waals surface area contributed by atoms with E-state index in [2.05, 4.69) is 9.98 Å². The maximum atomic E-state index is 11.7. The number of halogens is 6. The molecule has 2 aromatic carbocycles. The maximum absolute atomic E-state index is 11.7. The first-order valence-electron chi connectivity index (χ1n) is 8.46. The zero-order chi connectivity index (χ0) is 21.9. The Morgan fingerprint density at radius 2 is 1.33 bits per heavy atom. The standard InChI is InChI=1S/C21H12Cl6N2O/c22-16-3-1-4-17(23)13(16)9-28-12-7-20(26)15(11-30)21(27,8-12)29-10-14-18(24)5-2-6-19(14)25/h1-11,15H/b28-9+,29-10+. The van der Waals surface area contributed by atoms with Gasteiger partial charge in [0.15, 0.2) is 5.00 Å². The second-order valence-electron chi connectivity index (χ2n) is 6.23. The van der Waals surface area contributed by atoms with Crippen molar-refractivity contribution < 1.29 is 4.79 Å². The van der Waals surface area contributed by atoms with E-state index in [-0.39, 0.29) is 5.03 Å². The third-order valence-electron chi connectivity index (χ3n) is 4.24. The van der Waals surface area contributed by atoms with Gasteiger partial charge < -0.3 is 4.79 Å². The fourth-order valence-corrected chi connectivity index (χ4v) is 4.39. The molecule has 0 aromatic heterocycles. The topological polar surface area (TPSA) is 41.8 Å². The Hall–Kier alpha value is -1.33. The number of allylic oxidation sites excluding steroid dienone is 1. The van der Waals surface area contributed by atoms with Crippen LogP contribution in [0.3, 0.4) is 0 Å². The minimum atomic E-state index is -1.52. The fourth-order valence-electron chi connectivity index (χ4n) is 2.69. The second kappa shape index (κ2) is 9.86. The smallest absolute Gasteiger partial charge is 0.168 e. The number of aldehydes is 1. The van der Waals surface area contributed by atoms with E-state index in [9.17, 15) is 4.79 Å². The quantitative estimate of drug-likeness (QED) is 0.173. The average Bonchev–Trinajstić information content (AvgIpc) is 2.67. The molecule has 2 unspecified atom stereocenters. The molecular formula is C21H12Cl6N2O. The number of hydrogen-bond donors (Lipinski definition) is 0. The third kappa shape index (κ3) is 5.11. The molecule has 0 heterocycles. The number of carbonyl (C=O) groups is 1. The normalized spacial score (nSPS) is 21.7. The third-order valence-corrected chi connectivity index (χ3v) is 6.34.